The molecule has 0 aromatic heterocycles. The summed E-state index contributed by atoms with van der Waals surface area (Å²) in [6.07, 6.45) is 6.91. The summed E-state index contributed by atoms with van der Waals surface area (Å²) in [7, 11) is -4.27. The quantitative estimate of drug-likeness (QED) is 0.861. The summed E-state index contributed by atoms with van der Waals surface area (Å²) < 4.78 is 32.9. The van der Waals surface area contributed by atoms with Crippen LogP contribution >= 0.6 is 0 Å². The van der Waals surface area contributed by atoms with Crippen molar-refractivity contribution in [2.45, 2.75) is 31.4 Å². The van der Waals surface area contributed by atoms with Crippen LogP contribution in [0.3, 0.4) is 0 Å². The van der Waals surface area contributed by atoms with E-state index in [0.29, 0.717) is 12.0 Å². The highest BCUT2D eigenvalue weighted by atomic mass is 32.2. The Morgan fingerprint density at radius 1 is 1.25 bits per heavy atom. The van der Waals surface area contributed by atoms with E-state index in [-0.39, 0.29) is 5.92 Å². The molecule has 1 aromatic carbocycles. The Kier molecular flexibility index (Phi) is 4.16. The first-order valence-electron chi connectivity index (χ1n) is 6.82. The van der Waals surface area contributed by atoms with Crippen molar-refractivity contribution < 1.29 is 13.0 Å². The third kappa shape index (κ3) is 2.45. The van der Waals surface area contributed by atoms with Crippen molar-refractivity contribution in [2.75, 3.05) is 0 Å². The first-order valence-corrected chi connectivity index (χ1v) is 8.26. The van der Waals surface area contributed by atoms with Crippen molar-refractivity contribution in [2.24, 2.45) is 5.92 Å². The molecule has 1 N–H and O–H groups in total. The van der Waals surface area contributed by atoms with Gasteiger partial charge in [-0.15, -0.1) is 0 Å². The Hall–Kier alpha value is -1.39. The van der Waals surface area contributed by atoms with E-state index in [1.807, 2.05) is 26.0 Å². The lowest BCUT2D eigenvalue weighted by Crippen LogP contribution is -2.41. The van der Waals surface area contributed by atoms with Crippen LogP contribution < -0.4 is 0 Å². The molecule has 2 rings (SSSR count). The lowest BCUT2D eigenvalue weighted by atomic mass is 9.78. The average Bonchev–Trinajstić information content (AvgIpc) is 2.39. The van der Waals surface area contributed by atoms with Crippen molar-refractivity contribution in [1.82, 2.24) is 0 Å². The van der Waals surface area contributed by atoms with Crippen LogP contribution in [0.1, 0.15) is 32.3 Å². The standard InChI is InChI=1S/C16H20O3S/c1-3-7-15-12-13(2)10-11-16(15,20(17,18)19)14-8-5-4-6-9-14/h4-6,8-12,15H,3,7H2,1-2H3,(H,17,18,19)/t15-,16?/m1/s1. The molecular formula is C16H20O3S. The lowest BCUT2D eigenvalue weighted by molar-refractivity contribution is 0.392. The minimum atomic E-state index is -4.27. The van der Waals surface area contributed by atoms with Crippen LogP contribution in [0.2, 0.25) is 0 Å². The van der Waals surface area contributed by atoms with Crippen molar-refractivity contribution in [3.63, 3.8) is 0 Å². The molecule has 1 aromatic rings. The van der Waals surface area contributed by atoms with Crippen LogP contribution in [0.25, 0.3) is 0 Å². The van der Waals surface area contributed by atoms with Crippen molar-refractivity contribution >= 4 is 10.1 Å². The molecule has 108 valence electrons. The van der Waals surface area contributed by atoms with Gasteiger partial charge in [0.05, 0.1) is 0 Å². The SMILES string of the molecule is CCC[C@@H]1C=C(C)C=CC1(c1ccccc1)S(=O)(=O)O. The van der Waals surface area contributed by atoms with Crippen molar-refractivity contribution in [3.05, 3.63) is 59.7 Å². The number of benzene rings is 1. The van der Waals surface area contributed by atoms with E-state index in [9.17, 15) is 13.0 Å². The molecule has 2 atom stereocenters. The molecule has 20 heavy (non-hydrogen) atoms. The maximum Gasteiger partial charge on any atom is 0.279 e. The minimum absolute atomic E-state index is 0.255. The van der Waals surface area contributed by atoms with Crippen molar-refractivity contribution in [3.8, 4) is 0 Å². The van der Waals surface area contributed by atoms with Gasteiger partial charge in [-0.1, -0.05) is 67.5 Å². The number of hydrogen-bond donors (Lipinski definition) is 1. The first-order chi connectivity index (χ1) is 9.41. The van der Waals surface area contributed by atoms with Crippen LogP contribution in [0.4, 0.5) is 0 Å². The van der Waals surface area contributed by atoms with Crippen LogP contribution in [0, 0.1) is 5.92 Å². The van der Waals surface area contributed by atoms with Crippen LogP contribution in [0.15, 0.2) is 54.1 Å². The first kappa shape index (κ1) is 15.0. The zero-order valence-corrected chi connectivity index (χ0v) is 12.6. The predicted molar refractivity (Wildman–Crippen MR) is 81.0 cm³/mol. The lowest BCUT2D eigenvalue weighted by Gasteiger charge is -2.37. The number of allylic oxidation sites excluding steroid dienone is 3. The molecule has 0 heterocycles. The largest absolute Gasteiger partial charge is 0.285 e. The fourth-order valence-corrected chi connectivity index (χ4v) is 4.16. The summed E-state index contributed by atoms with van der Waals surface area (Å²) in [5, 5.41) is 0. The Balaban J connectivity index is 2.68. The second-order valence-electron chi connectivity index (χ2n) is 5.27. The predicted octanol–water partition coefficient (Wildman–Crippen LogP) is 3.70. The van der Waals surface area contributed by atoms with Crippen LogP contribution in [0.5, 0.6) is 0 Å². The number of rotatable bonds is 4. The third-order valence-corrected chi connectivity index (χ3v) is 5.39. The maximum absolute atomic E-state index is 12.2. The molecule has 0 fully saturated rings. The van der Waals surface area contributed by atoms with Gasteiger partial charge in [0.1, 0.15) is 4.75 Å². The van der Waals surface area contributed by atoms with Gasteiger partial charge < -0.3 is 0 Å². The summed E-state index contributed by atoms with van der Waals surface area (Å²) in [4.78, 5) is 0. The zero-order chi connectivity index (χ0) is 14.8. The molecule has 0 radical (unpaired) electrons. The molecule has 0 spiro atoms. The Labute approximate surface area is 120 Å². The molecule has 0 aliphatic heterocycles. The number of hydrogen-bond acceptors (Lipinski definition) is 2. The topological polar surface area (TPSA) is 54.4 Å². The molecule has 1 aliphatic rings. The second kappa shape index (κ2) is 5.54. The maximum atomic E-state index is 12.2. The Morgan fingerprint density at radius 2 is 1.90 bits per heavy atom. The van der Waals surface area contributed by atoms with Crippen LogP contribution in [-0.4, -0.2) is 13.0 Å². The molecule has 1 aliphatic carbocycles. The molecule has 4 heteroatoms. The van der Waals surface area contributed by atoms with Gasteiger partial charge in [0.2, 0.25) is 0 Å². The third-order valence-electron chi connectivity index (χ3n) is 3.86. The van der Waals surface area contributed by atoms with E-state index in [1.165, 1.54) is 0 Å². The summed E-state index contributed by atoms with van der Waals surface area (Å²) in [5.74, 6) is -0.255. The molecule has 0 saturated heterocycles. The van der Waals surface area contributed by atoms with Crippen LogP contribution in [-0.2, 0) is 14.9 Å². The highest BCUT2D eigenvalue weighted by Crippen LogP contribution is 2.44. The van der Waals surface area contributed by atoms with Gasteiger partial charge in [0.15, 0.2) is 0 Å². The molecule has 0 saturated carbocycles. The van der Waals surface area contributed by atoms with Gasteiger partial charge >= 0.3 is 0 Å². The Bertz CT molecular complexity index is 629. The van der Waals surface area contributed by atoms with Gasteiger partial charge in [-0.05, 0) is 18.9 Å². The second-order valence-corrected chi connectivity index (χ2v) is 6.90. The van der Waals surface area contributed by atoms with Gasteiger partial charge in [-0.2, -0.15) is 8.42 Å². The Morgan fingerprint density at radius 3 is 2.45 bits per heavy atom. The average molecular weight is 292 g/mol. The molecule has 0 amide bonds. The van der Waals surface area contributed by atoms with E-state index < -0.39 is 14.9 Å². The van der Waals surface area contributed by atoms with Gasteiger partial charge in [-0.25, -0.2) is 0 Å². The zero-order valence-electron chi connectivity index (χ0n) is 11.8. The highest BCUT2D eigenvalue weighted by Gasteiger charge is 2.48. The van der Waals surface area contributed by atoms with E-state index >= 15 is 0 Å². The highest BCUT2D eigenvalue weighted by molar-refractivity contribution is 7.87. The molecule has 0 bridgehead atoms. The van der Waals surface area contributed by atoms with E-state index in [2.05, 4.69) is 0 Å². The summed E-state index contributed by atoms with van der Waals surface area (Å²) in [6.45, 7) is 3.96. The molecule has 3 nitrogen and oxygen atoms in total. The monoisotopic (exact) mass is 292 g/mol. The van der Waals surface area contributed by atoms with E-state index in [4.69, 9.17) is 0 Å². The van der Waals surface area contributed by atoms with Gasteiger partial charge in [-0.3, -0.25) is 4.55 Å². The smallest absolute Gasteiger partial charge is 0.279 e. The van der Waals surface area contributed by atoms with E-state index in [1.54, 1.807) is 36.4 Å². The summed E-state index contributed by atoms with van der Waals surface area (Å²) >= 11 is 0. The minimum Gasteiger partial charge on any atom is -0.285 e. The summed E-state index contributed by atoms with van der Waals surface area (Å²) in [6, 6.07) is 8.95. The van der Waals surface area contributed by atoms with Crippen molar-refractivity contribution in [1.29, 1.82) is 0 Å². The fraction of sp³-hybridized carbons (Fsp3) is 0.375. The summed E-state index contributed by atoms with van der Waals surface area (Å²) in [5.41, 5.74) is 1.64. The molecular weight excluding hydrogens is 272 g/mol. The van der Waals surface area contributed by atoms with Gasteiger partial charge in [0.25, 0.3) is 10.1 Å². The van der Waals surface area contributed by atoms with E-state index in [0.717, 1.165) is 12.0 Å². The molecule has 1 unspecified atom stereocenters. The normalized spacial score (nSPS) is 26.4. The van der Waals surface area contributed by atoms with Gasteiger partial charge in [0, 0.05) is 5.92 Å². The fourth-order valence-electron chi connectivity index (χ4n) is 2.92.